The van der Waals surface area contributed by atoms with Gasteiger partial charge >= 0.3 is 0 Å². The fraction of sp³-hybridized carbons (Fsp3) is 0.588. The first kappa shape index (κ1) is 20.2. The third kappa shape index (κ3) is 5.95. The van der Waals surface area contributed by atoms with E-state index in [2.05, 4.69) is 5.32 Å². The van der Waals surface area contributed by atoms with Gasteiger partial charge in [-0.05, 0) is 30.9 Å². The number of rotatable bonds is 8. The number of nitrogens with one attached hydrogen (secondary N) is 1. The summed E-state index contributed by atoms with van der Waals surface area (Å²) in [6.45, 7) is 1.92. The molecule has 0 aliphatic carbocycles. The SMILES string of the molecule is COCCCNC(=O)C1CCN(S(=O)(=O)Cc2ccccc2Cl)CC1. The molecule has 1 aliphatic heterocycles. The van der Waals surface area contributed by atoms with E-state index in [0.717, 1.165) is 6.42 Å². The zero-order valence-electron chi connectivity index (χ0n) is 14.4. The Bertz CT molecular complexity index is 673. The summed E-state index contributed by atoms with van der Waals surface area (Å²) in [5.41, 5.74) is 0.599. The van der Waals surface area contributed by atoms with Gasteiger partial charge in [0.2, 0.25) is 15.9 Å². The lowest BCUT2D eigenvalue weighted by Crippen LogP contribution is -2.43. The minimum Gasteiger partial charge on any atom is -0.385 e. The van der Waals surface area contributed by atoms with Gasteiger partial charge in [0.1, 0.15) is 0 Å². The number of methoxy groups -OCH3 is 1. The summed E-state index contributed by atoms with van der Waals surface area (Å²) < 4.78 is 31.6. The van der Waals surface area contributed by atoms with E-state index >= 15 is 0 Å². The first-order valence-corrected chi connectivity index (χ1v) is 10.4. The van der Waals surface area contributed by atoms with Gasteiger partial charge in [0.05, 0.1) is 5.75 Å². The van der Waals surface area contributed by atoms with Crippen molar-refractivity contribution in [1.29, 1.82) is 0 Å². The van der Waals surface area contributed by atoms with Crippen molar-refractivity contribution in [2.24, 2.45) is 5.92 Å². The van der Waals surface area contributed by atoms with Gasteiger partial charge in [0.25, 0.3) is 0 Å². The van der Waals surface area contributed by atoms with Crippen molar-refractivity contribution in [2.75, 3.05) is 33.4 Å². The van der Waals surface area contributed by atoms with Crippen LogP contribution in [0.3, 0.4) is 0 Å². The van der Waals surface area contributed by atoms with Crippen LogP contribution in [-0.4, -0.2) is 52.0 Å². The molecule has 0 spiro atoms. The summed E-state index contributed by atoms with van der Waals surface area (Å²) >= 11 is 6.06. The lowest BCUT2D eigenvalue weighted by Gasteiger charge is -2.30. The van der Waals surface area contributed by atoms with Crippen molar-refractivity contribution < 1.29 is 17.9 Å². The van der Waals surface area contributed by atoms with Crippen LogP contribution in [0.4, 0.5) is 0 Å². The molecule has 2 rings (SSSR count). The summed E-state index contributed by atoms with van der Waals surface area (Å²) in [7, 11) is -1.81. The molecule has 8 heteroatoms. The maximum Gasteiger partial charge on any atom is 0.223 e. The zero-order valence-corrected chi connectivity index (χ0v) is 16.0. The van der Waals surface area contributed by atoms with Crippen LogP contribution >= 0.6 is 11.6 Å². The molecule has 0 atom stereocenters. The molecule has 0 unspecified atom stereocenters. The Morgan fingerprint density at radius 1 is 1.32 bits per heavy atom. The van der Waals surface area contributed by atoms with E-state index in [1.165, 1.54) is 4.31 Å². The number of halogens is 1. The summed E-state index contributed by atoms with van der Waals surface area (Å²) in [5.74, 6) is -0.242. The number of hydrogen-bond acceptors (Lipinski definition) is 4. The molecule has 0 saturated carbocycles. The van der Waals surface area contributed by atoms with E-state index in [-0.39, 0.29) is 17.6 Å². The average molecular weight is 389 g/mol. The Morgan fingerprint density at radius 3 is 2.64 bits per heavy atom. The monoisotopic (exact) mass is 388 g/mol. The van der Waals surface area contributed by atoms with Gasteiger partial charge in [0.15, 0.2) is 0 Å². The van der Waals surface area contributed by atoms with E-state index in [0.29, 0.717) is 49.7 Å². The van der Waals surface area contributed by atoms with Crippen LogP contribution < -0.4 is 5.32 Å². The molecule has 6 nitrogen and oxygen atoms in total. The van der Waals surface area contributed by atoms with Crippen molar-refractivity contribution in [3.05, 3.63) is 34.9 Å². The fourth-order valence-corrected chi connectivity index (χ4v) is 4.75. The van der Waals surface area contributed by atoms with Crippen molar-refractivity contribution in [3.63, 3.8) is 0 Å². The van der Waals surface area contributed by atoms with Crippen molar-refractivity contribution >= 4 is 27.5 Å². The van der Waals surface area contributed by atoms with Crippen molar-refractivity contribution in [3.8, 4) is 0 Å². The molecule has 1 saturated heterocycles. The highest BCUT2D eigenvalue weighted by molar-refractivity contribution is 7.88. The Balaban J connectivity index is 1.84. The number of piperidine rings is 1. The van der Waals surface area contributed by atoms with Crippen LogP contribution in [0, 0.1) is 5.92 Å². The second kappa shape index (κ2) is 9.52. The molecular formula is C17H25ClN2O4S. The minimum atomic E-state index is -3.43. The minimum absolute atomic E-state index is 0.000690. The van der Waals surface area contributed by atoms with Crippen molar-refractivity contribution in [2.45, 2.75) is 25.0 Å². The summed E-state index contributed by atoms with van der Waals surface area (Å²) in [6, 6.07) is 6.96. The Labute approximate surface area is 154 Å². The molecule has 1 heterocycles. The number of carbonyl (C=O) groups is 1. The molecule has 140 valence electrons. The third-order valence-electron chi connectivity index (χ3n) is 4.34. The maximum absolute atomic E-state index is 12.6. The van der Waals surface area contributed by atoms with Gasteiger partial charge in [-0.3, -0.25) is 4.79 Å². The first-order valence-electron chi connectivity index (χ1n) is 8.42. The molecule has 1 aliphatic rings. The summed E-state index contributed by atoms with van der Waals surface area (Å²) in [5, 5.41) is 3.34. The standard InChI is InChI=1S/C17H25ClN2O4S/c1-24-12-4-9-19-17(21)14-7-10-20(11-8-14)25(22,23)13-15-5-2-3-6-16(15)18/h2-3,5-6,14H,4,7-13H2,1H3,(H,19,21). The highest BCUT2D eigenvalue weighted by atomic mass is 35.5. The van der Waals surface area contributed by atoms with Crippen LogP contribution in [0.5, 0.6) is 0 Å². The number of carbonyl (C=O) groups excluding carboxylic acids is 1. The molecule has 0 bridgehead atoms. The third-order valence-corrected chi connectivity index (χ3v) is 6.53. The van der Waals surface area contributed by atoms with Crippen LogP contribution in [0.25, 0.3) is 0 Å². The predicted octanol–water partition coefficient (Wildman–Crippen LogP) is 2.03. The predicted molar refractivity (Wildman–Crippen MR) is 97.9 cm³/mol. The maximum atomic E-state index is 12.6. The number of ether oxygens (including phenoxy) is 1. The molecule has 1 aromatic carbocycles. The van der Waals surface area contributed by atoms with Crippen LogP contribution in [0.15, 0.2) is 24.3 Å². The molecule has 0 aromatic heterocycles. The average Bonchev–Trinajstić information content (AvgIpc) is 2.60. The molecular weight excluding hydrogens is 364 g/mol. The van der Waals surface area contributed by atoms with Crippen LogP contribution in [0.1, 0.15) is 24.8 Å². The first-order chi connectivity index (χ1) is 11.9. The quantitative estimate of drug-likeness (QED) is 0.691. The summed E-state index contributed by atoms with van der Waals surface area (Å²) in [4.78, 5) is 12.1. The van der Waals surface area contributed by atoms with E-state index in [1.54, 1.807) is 31.4 Å². The normalized spacial score (nSPS) is 16.7. The number of sulfonamides is 1. The lowest BCUT2D eigenvalue weighted by molar-refractivity contribution is -0.126. The zero-order chi connectivity index (χ0) is 18.3. The number of nitrogens with zero attached hydrogens (tertiary/aromatic N) is 1. The highest BCUT2D eigenvalue weighted by Crippen LogP contribution is 2.24. The van der Waals surface area contributed by atoms with E-state index < -0.39 is 10.0 Å². The van der Waals surface area contributed by atoms with E-state index in [1.807, 2.05) is 0 Å². The number of benzene rings is 1. The van der Waals surface area contributed by atoms with E-state index in [4.69, 9.17) is 16.3 Å². The Morgan fingerprint density at radius 2 is 2.00 bits per heavy atom. The smallest absolute Gasteiger partial charge is 0.223 e. The molecule has 1 amide bonds. The molecule has 1 aromatic rings. The van der Waals surface area contributed by atoms with Gasteiger partial charge in [-0.15, -0.1) is 0 Å². The molecule has 25 heavy (non-hydrogen) atoms. The van der Waals surface area contributed by atoms with Gasteiger partial charge in [-0.1, -0.05) is 29.8 Å². The topological polar surface area (TPSA) is 75.7 Å². The van der Waals surface area contributed by atoms with Gasteiger partial charge in [-0.25, -0.2) is 12.7 Å². The molecule has 1 N–H and O–H groups in total. The lowest BCUT2D eigenvalue weighted by atomic mass is 9.97. The second-order valence-corrected chi connectivity index (χ2v) is 8.53. The fourth-order valence-electron chi connectivity index (χ4n) is 2.87. The summed E-state index contributed by atoms with van der Waals surface area (Å²) in [6.07, 6.45) is 1.85. The van der Waals surface area contributed by atoms with Crippen molar-refractivity contribution in [1.82, 2.24) is 9.62 Å². The van der Waals surface area contributed by atoms with E-state index in [9.17, 15) is 13.2 Å². The molecule has 0 radical (unpaired) electrons. The Kier molecular flexibility index (Phi) is 7.68. The van der Waals surface area contributed by atoms with Gasteiger partial charge in [0, 0.05) is 44.3 Å². The number of amides is 1. The Hall–Kier alpha value is -1.15. The molecule has 1 fully saturated rings. The van der Waals surface area contributed by atoms with Crippen LogP contribution in [0.2, 0.25) is 5.02 Å². The van der Waals surface area contributed by atoms with Gasteiger partial charge < -0.3 is 10.1 Å². The highest BCUT2D eigenvalue weighted by Gasteiger charge is 2.31. The number of hydrogen-bond donors (Lipinski definition) is 1. The largest absolute Gasteiger partial charge is 0.385 e. The van der Waals surface area contributed by atoms with Gasteiger partial charge in [-0.2, -0.15) is 0 Å². The van der Waals surface area contributed by atoms with Crippen LogP contribution in [-0.2, 0) is 25.3 Å². The second-order valence-electron chi connectivity index (χ2n) is 6.16.